The fraction of sp³-hybridized carbons (Fsp3) is 0.500. The second-order valence-electron chi connectivity index (χ2n) is 7.09. The van der Waals surface area contributed by atoms with Gasteiger partial charge in [0.2, 0.25) is 0 Å². The molecule has 1 aliphatic heterocycles. The number of carboxylic acids is 1. The zero-order valence-corrected chi connectivity index (χ0v) is 14.7. The second kappa shape index (κ2) is 7.55. The number of ether oxygens (including phenoxy) is 1. The van der Waals surface area contributed by atoms with Crippen molar-refractivity contribution in [2.24, 2.45) is 0 Å². The first kappa shape index (κ1) is 18.8. The molecule has 2 amide bonds. The van der Waals surface area contributed by atoms with Crippen LogP contribution in [0.2, 0.25) is 0 Å². The maximum absolute atomic E-state index is 12.4. The Balaban J connectivity index is 2.02. The van der Waals surface area contributed by atoms with Gasteiger partial charge in [-0.3, -0.25) is 4.79 Å². The highest BCUT2D eigenvalue weighted by Gasteiger charge is 2.29. The van der Waals surface area contributed by atoms with Crippen LogP contribution < -0.4 is 5.32 Å². The molecule has 0 radical (unpaired) electrons. The number of hydrogen-bond acceptors (Lipinski definition) is 4. The van der Waals surface area contributed by atoms with Crippen LogP contribution in [0.25, 0.3) is 0 Å². The Bertz CT molecular complexity index is 666. The van der Waals surface area contributed by atoms with E-state index in [1.54, 1.807) is 37.8 Å². The monoisotopic (exact) mass is 348 g/mol. The topological polar surface area (TPSA) is 95.9 Å². The zero-order valence-electron chi connectivity index (χ0n) is 14.7. The Kier molecular flexibility index (Phi) is 5.66. The maximum atomic E-state index is 12.4. The number of aromatic carboxylic acids is 1. The lowest BCUT2D eigenvalue weighted by Crippen LogP contribution is -2.50. The predicted molar refractivity (Wildman–Crippen MR) is 91.7 cm³/mol. The number of nitrogens with zero attached hydrogens (tertiary/aromatic N) is 1. The number of benzene rings is 1. The Morgan fingerprint density at radius 2 is 1.84 bits per heavy atom. The number of amides is 2. The molecule has 25 heavy (non-hydrogen) atoms. The van der Waals surface area contributed by atoms with Crippen molar-refractivity contribution < 1.29 is 24.2 Å². The highest BCUT2D eigenvalue weighted by atomic mass is 16.6. The third-order valence-electron chi connectivity index (χ3n) is 3.81. The van der Waals surface area contributed by atoms with Crippen molar-refractivity contribution >= 4 is 18.0 Å². The van der Waals surface area contributed by atoms with Crippen molar-refractivity contribution in [2.75, 3.05) is 13.1 Å². The highest BCUT2D eigenvalue weighted by Crippen LogP contribution is 2.16. The van der Waals surface area contributed by atoms with Crippen molar-refractivity contribution in [1.29, 1.82) is 0 Å². The average Bonchev–Trinajstić information content (AvgIpc) is 2.53. The molecular weight excluding hydrogens is 324 g/mol. The van der Waals surface area contributed by atoms with Crippen LogP contribution in [-0.2, 0) is 4.74 Å². The van der Waals surface area contributed by atoms with Gasteiger partial charge in [0.25, 0.3) is 5.91 Å². The van der Waals surface area contributed by atoms with Gasteiger partial charge in [-0.2, -0.15) is 0 Å². The van der Waals surface area contributed by atoms with Gasteiger partial charge < -0.3 is 20.1 Å². The molecule has 136 valence electrons. The fourth-order valence-electron chi connectivity index (χ4n) is 2.72. The minimum absolute atomic E-state index is 0.0418. The molecule has 2 rings (SSSR count). The molecule has 1 atom stereocenters. The molecule has 7 nitrogen and oxygen atoms in total. The number of hydrogen-bond donors (Lipinski definition) is 2. The summed E-state index contributed by atoms with van der Waals surface area (Å²) in [6.07, 6.45) is 1.06. The van der Waals surface area contributed by atoms with E-state index < -0.39 is 23.6 Å². The molecule has 1 aromatic rings. The maximum Gasteiger partial charge on any atom is 0.410 e. The van der Waals surface area contributed by atoms with Gasteiger partial charge in [-0.15, -0.1) is 0 Å². The molecule has 1 saturated heterocycles. The van der Waals surface area contributed by atoms with Gasteiger partial charge in [0.15, 0.2) is 0 Å². The van der Waals surface area contributed by atoms with E-state index in [-0.39, 0.29) is 17.2 Å². The summed E-state index contributed by atoms with van der Waals surface area (Å²) in [5.41, 5.74) is -0.502. The van der Waals surface area contributed by atoms with Gasteiger partial charge in [0.1, 0.15) is 5.60 Å². The van der Waals surface area contributed by atoms with Gasteiger partial charge in [-0.1, -0.05) is 12.1 Å². The molecule has 1 aromatic carbocycles. The summed E-state index contributed by atoms with van der Waals surface area (Å²) in [5, 5.41) is 12.0. The molecule has 2 N–H and O–H groups in total. The third-order valence-corrected chi connectivity index (χ3v) is 3.81. The largest absolute Gasteiger partial charge is 0.478 e. The highest BCUT2D eigenvalue weighted by molar-refractivity contribution is 6.04. The Hall–Kier alpha value is -2.57. The summed E-state index contributed by atoms with van der Waals surface area (Å²) in [4.78, 5) is 37.4. The number of carbonyl (C=O) groups is 3. The quantitative estimate of drug-likeness (QED) is 0.875. The van der Waals surface area contributed by atoms with E-state index in [2.05, 4.69) is 5.32 Å². The first-order valence-corrected chi connectivity index (χ1v) is 8.28. The van der Waals surface area contributed by atoms with Crippen LogP contribution in [-0.4, -0.2) is 52.7 Å². The molecule has 0 bridgehead atoms. The molecule has 0 unspecified atom stereocenters. The Morgan fingerprint density at radius 1 is 1.20 bits per heavy atom. The average molecular weight is 348 g/mol. The fourth-order valence-corrected chi connectivity index (χ4v) is 2.72. The van der Waals surface area contributed by atoms with Crippen LogP contribution in [0.3, 0.4) is 0 Å². The van der Waals surface area contributed by atoms with Crippen molar-refractivity contribution in [2.45, 2.75) is 45.3 Å². The van der Waals surface area contributed by atoms with E-state index in [1.165, 1.54) is 12.1 Å². The lowest BCUT2D eigenvalue weighted by molar-refractivity contribution is 0.0185. The van der Waals surface area contributed by atoms with E-state index in [0.717, 1.165) is 12.8 Å². The van der Waals surface area contributed by atoms with Crippen molar-refractivity contribution in [3.8, 4) is 0 Å². The zero-order chi connectivity index (χ0) is 18.6. The summed E-state index contributed by atoms with van der Waals surface area (Å²) in [6.45, 7) is 6.33. The summed E-state index contributed by atoms with van der Waals surface area (Å²) < 4.78 is 5.36. The normalized spacial score (nSPS) is 17.7. The number of piperidine rings is 1. The lowest BCUT2D eigenvalue weighted by atomic mass is 10.0. The van der Waals surface area contributed by atoms with E-state index in [9.17, 15) is 19.5 Å². The van der Waals surface area contributed by atoms with E-state index in [0.29, 0.717) is 13.1 Å². The molecule has 0 spiro atoms. The summed E-state index contributed by atoms with van der Waals surface area (Å²) >= 11 is 0. The minimum Gasteiger partial charge on any atom is -0.478 e. The molecule has 7 heteroatoms. The van der Waals surface area contributed by atoms with Crippen LogP contribution in [0.4, 0.5) is 4.79 Å². The number of nitrogens with one attached hydrogen (secondary N) is 1. The van der Waals surface area contributed by atoms with Gasteiger partial charge in [-0.05, 0) is 45.7 Å². The molecule has 0 saturated carbocycles. The van der Waals surface area contributed by atoms with Gasteiger partial charge in [0, 0.05) is 19.1 Å². The van der Waals surface area contributed by atoms with Crippen molar-refractivity contribution in [3.63, 3.8) is 0 Å². The number of carbonyl (C=O) groups excluding carboxylic acids is 2. The number of carboxylic acid groups (broad SMARTS) is 1. The van der Waals surface area contributed by atoms with E-state index >= 15 is 0 Å². The molecule has 1 fully saturated rings. The smallest absolute Gasteiger partial charge is 0.410 e. The van der Waals surface area contributed by atoms with Crippen LogP contribution in [0.1, 0.15) is 54.3 Å². The van der Waals surface area contributed by atoms with Crippen LogP contribution in [0, 0.1) is 0 Å². The van der Waals surface area contributed by atoms with Crippen LogP contribution in [0.5, 0.6) is 0 Å². The number of likely N-dealkylation sites (tertiary alicyclic amines) is 1. The molecule has 0 aromatic heterocycles. The molecular formula is C18H24N2O5. The molecule has 0 aliphatic carbocycles. The summed E-state index contributed by atoms with van der Waals surface area (Å²) in [6, 6.07) is 5.83. The first-order valence-electron chi connectivity index (χ1n) is 8.28. The van der Waals surface area contributed by atoms with Crippen molar-refractivity contribution in [3.05, 3.63) is 35.4 Å². The predicted octanol–water partition coefficient (Wildman–Crippen LogP) is 2.51. The van der Waals surface area contributed by atoms with Crippen LogP contribution >= 0.6 is 0 Å². The minimum atomic E-state index is -1.15. The standard InChI is InChI=1S/C18H24N2O5/c1-18(2,3)25-17(24)20-10-6-7-12(11-20)19-15(21)13-8-4-5-9-14(13)16(22)23/h4-5,8-9,12H,6-7,10-11H2,1-3H3,(H,19,21)(H,22,23)/t12-/m0/s1. The van der Waals surface area contributed by atoms with Gasteiger partial charge in [-0.25, -0.2) is 9.59 Å². The second-order valence-corrected chi connectivity index (χ2v) is 7.09. The van der Waals surface area contributed by atoms with Crippen LogP contribution in [0.15, 0.2) is 24.3 Å². The number of rotatable bonds is 3. The lowest BCUT2D eigenvalue weighted by Gasteiger charge is -2.34. The summed E-state index contributed by atoms with van der Waals surface area (Å²) in [5.74, 6) is -1.60. The third kappa shape index (κ3) is 5.20. The van der Waals surface area contributed by atoms with Crippen molar-refractivity contribution in [1.82, 2.24) is 10.2 Å². The van der Waals surface area contributed by atoms with E-state index in [4.69, 9.17) is 4.74 Å². The Morgan fingerprint density at radius 3 is 2.44 bits per heavy atom. The molecule has 1 aliphatic rings. The van der Waals surface area contributed by atoms with E-state index in [1.807, 2.05) is 0 Å². The van der Waals surface area contributed by atoms with Gasteiger partial charge in [0.05, 0.1) is 11.1 Å². The summed E-state index contributed by atoms with van der Waals surface area (Å²) in [7, 11) is 0. The Labute approximate surface area is 147 Å². The first-order chi connectivity index (χ1) is 11.7. The van der Waals surface area contributed by atoms with Gasteiger partial charge >= 0.3 is 12.1 Å². The SMILES string of the molecule is CC(C)(C)OC(=O)N1CCC[C@H](NC(=O)c2ccccc2C(=O)O)C1. The molecule has 1 heterocycles.